The van der Waals surface area contributed by atoms with Crippen molar-refractivity contribution < 1.29 is 0 Å². The van der Waals surface area contributed by atoms with E-state index in [1.54, 1.807) is 6.07 Å². The molecule has 66 valence electrons. The van der Waals surface area contributed by atoms with Gasteiger partial charge in [-0.2, -0.15) is 0 Å². The van der Waals surface area contributed by atoms with Crippen molar-refractivity contribution in [2.45, 2.75) is 20.3 Å². The van der Waals surface area contributed by atoms with E-state index in [-0.39, 0.29) is 0 Å². The maximum Gasteiger partial charge on any atom is 0.153 e. The lowest BCUT2D eigenvalue weighted by atomic mass is 10.3. The maximum absolute atomic E-state index is 5.25. The van der Waals surface area contributed by atoms with Gasteiger partial charge in [0, 0.05) is 5.69 Å². The van der Waals surface area contributed by atoms with Crippen LogP contribution in [-0.2, 0) is 0 Å². The van der Waals surface area contributed by atoms with Gasteiger partial charge >= 0.3 is 0 Å². The van der Waals surface area contributed by atoms with Crippen molar-refractivity contribution in [3.63, 3.8) is 0 Å². The number of hydrogen-bond donors (Lipinski definition) is 0. The highest BCUT2D eigenvalue weighted by Gasteiger charge is 1.95. The monoisotopic (exact) mass is 172 g/mol. The molecule has 0 saturated carbocycles. The smallest absolute Gasteiger partial charge is 0.153 e. The highest BCUT2D eigenvalue weighted by atomic mass is 14.9. The molecular formula is C11H12N2. The summed E-state index contributed by atoms with van der Waals surface area (Å²) < 4.78 is 0. The van der Waals surface area contributed by atoms with Crippen LogP contribution in [0.25, 0.3) is 6.08 Å². The summed E-state index contributed by atoms with van der Waals surface area (Å²) >= 11 is 0. The zero-order valence-electron chi connectivity index (χ0n) is 7.91. The van der Waals surface area contributed by atoms with Crippen LogP contribution in [0.3, 0.4) is 0 Å². The Morgan fingerprint density at radius 2 is 2.31 bits per heavy atom. The van der Waals surface area contributed by atoms with Gasteiger partial charge in [-0.25, -0.2) is 9.97 Å². The second-order valence-electron chi connectivity index (χ2n) is 2.71. The summed E-state index contributed by atoms with van der Waals surface area (Å²) in [6.07, 6.45) is 10.1. The molecule has 0 aliphatic rings. The predicted octanol–water partition coefficient (Wildman–Crippen LogP) is 2.19. The third kappa shape index (κ3) is 2.72. The molecule has 2 nitrogen and oxygen atoms in total. The van der Waals surface area contributed by atoms with Gasteiger partial charge in [0.05, 0.1) is 0 Å². The fraction of sp³-hybridized carbons (Fsp3) is 0.273. The lowest BCUT2D eigenvalue weighted by Crippen LogP contribution is -1.93. The molecule has 1 aromatic heterocycles. The van der Waals surface area contributed by atoms with Crippen LogP contribution < -0.4 is 0 Å². The second kappa shape index (κ2) is 4.42. The van der Waals surface area contributed by atoms with E-state index < -0.39 is 0 Å². The molecule has 1 heterocycles. The van der Waals surface area contributed by atoms with Crippen LogP contribution in [0, 0.1) is 19.3 Å². The number of allylic oxidation sites excluding steroid dienone is 1. The molecule has 0 aromatic carbocycles. The quantitative estimate of drug-likeness (QED) is 0.639. The van der Waals surface area contributed by atoms with Gasteiger partial charge in [0.25, 0.3) is 0 Å². The van der Waals surface area contributed by atoms with Crippen LogP contribution in [-0.4, -0.2) is 9.97 Å². The normalized spacial score (nSPS) is 10.2. The van der Waals surface area contributed by atoms with Gasteiger partial charge in [0.15, 0.2) is 5.82 Å². The molecule has 2 heteroatoms. The molecule has 0 aliphatic heterocycles. The first-order valence-electron chi connectivity index (χ1n) is 4.25. The minimum Gasteiger partial charge on any atom is -0.234 e. The topological polar surface area (TPSA) is 25.8 Å². The fourth-order valence-electron chi connectivity index (χ4n) is 0.963. The van der Waals surface area contributed by atoms with Gasteiger partial charge in [-0.1, -0.05) is 18.9 Å². The maximum atomic E-state index is 5.25. The Kier molecular flexibility index (Phi) is 3.22. The molecule has 0 unspecified atom stereocenters. The zero-order valence-corrected chi connectivity index (χ0v) is 7.91. The van der Waals surface area contributed by atoms with Crippen molar-refractivity contribution in [1.82, 2.24) is 9.97 Å². The molecule has 0 amide bonds. The highest BCUT2D eigenvalue weighted by Crippen LogP contribution is 2.01. The number of rotatable bonds is 2. The summed E-state index contributed by atoms with van der Waals surface area (Å²) in [6.45, 7) is 3.97. The second-order valence-corrected chi connectivity index (χ2v) is 2.71. The molecule has 13 heavy (non-hydrogen) atoms. The Morgan fingerprint density at radius 3 is 2.92 bits per heavy atom. The van der Waals surface area contributed by atoms with E-state index >= 15 is 0 Å². The first-order valence-corrected chi connectivity index (χ1v) is 4.25. The minimum atomic E-state index is 0.642. The number of nitrogens with zero attached hydrogens (tertiary/aromatic N) is 2. The number of hydrogen-bond acceptors (Lipinski definition) is 2. The first kappa shape index (κ1) is 9.47. The Morgan fingerprint density at radius 1 is 1.54 bits per heavy atom. The summed E-state index contributed by atoms with van der Waals surface area (Å²) in [7, 11) is 0. The van der Waals surface area contributed by atoms with Crippen LogP contribution in [0.4, 0.5) is 0 Å². The lowest BCUT2D eigenvalue weighted by molar-refractivity contribution is 1.06. The summed E-state index contributed by atoms with van der Waals surface area (Å²) in [5, 5.41) is 0. The van der Waals surface area contributed by atoms with Crippen LogP contribution in [0.2, 0.25) is 0 Å². The van der Waals surface area contributed by atoms with Crippen LogP contribution in [0.5, 0.6) is 0 Å². The average Bonchev–Trinajstić information content (AvgIpc) is 2.14. The fourth-order valence-corrected chi connectivity index (χ4v) is 0.963. The van der Waals surface area contributed by atoms with Crippen molar-refractivity contribution >= 4 is 6.08 Å². The number of aryl methyl sites for hydroxylation is 1. The number of terminal acetylenes is 1. The molecule has 1 rings (SSSR count). The Hall–Kier alpha value is -1.62. The molecular weight excluding hydrogens is 160 g/mol. The largest absolute Gasteiger partial charge is 0.234 e. The van der Waals surface area contributed by atoms with Crippen molar-refractivity contribution in [3.05, 3.63) is 29.4 Å². The van der Waals surface area contributed by atoms with Crippen LogP contribution in [0.15, 0.2) is 12.1 Å². The lowest BCUT2D eigenvalue weighted by Gasteiger charge is -1.96. The molecule has 0 fully saturated rings. The van der Waals surface area contributed by atoms with E-state index in [4.69, 9.17) is 6.42 Å². The highest BCUT2D eigenvalue weighted by molar-refractivity contribution is 5.42. The Bertz CT molecular complexity index is 359. The molecule has 0 N–H and O–H groups in total. The summed E-state index contributed by atoms with van der Waals surface area (Å²) in [4.78, 5) is 8.38. The molecule has 0 aliphatic carbocycles. The Balaban J connectivity index is 3.03. The third-order valence-corrected chi connectivity index (χ3v) is 1.52. The summed E-state index contributed by atoms with van der Waals surface area (Å²) in [6, 6.07) is 1.79. The minimum absolute atomic E-state index is 0.642. The molecule has 0 atom stereocenters. The van der Waals surface area contributed by atoms with E-state index in [0.717, 1.165) is 12.1 Å². The summed E-state index contributed by atoms with van der Waals surface area (Å²) in [5.41, 5.74) is 1.54. The van der Waals surface area contributed by atoms with Crippen LogP contribution in [0.1, 0.15) is 30.6 Å². The van der Waals surface area contributed by atoms with Crippen molar-refractivity contribution in [3.8, 4) is 12.3 Å². The van der Waals surface area contributed by atoms with E-state index in [1.807, 2.05) is 19.1 Å². The van der Waals surface area contributed by atoms with Crippen LogP contribution >= 0.6 is 0 Å². The third-order valence-electron chi connectivity index (χ3n) is 1.52. The molecule has 0 radical (unpaired) electrons. The summed E-state index contributed by atoms with van der Waals surface area (Å²) in [5.74, 6) is 3.19. The predicted molar refractivity (Wildman–Crippen MR) is 54.0 cm³/mol. The van der Waals surface area contributed by atoms with Gasteiger partial charge in [-0.3, -0.25) is 0 Å². The van der Waals surface area contributed by atoms with Gasteiger partial charge in [-0.05, 0) is 25.5 Å². The van der Waals surface area contributed by atoms with Gasteiger partial charge in [0.1, 0.15) is 5.69 Å². The Labute approximate surface area is 78.7 Å². The van der Waals surface area contributed by atoms with Crippen molar-refractivity contribution in [1.29, 1.82) is 0 Å². The first-order chi connectivity index (χ1) is 6.26. The molecule has 0 bridgehead atoms. The van der Waals surface area contributed by atoms with E-state index in [2.05, 4.69) is 22.8 Å². The van der Waals surface area contributed by atoms with E-state index in [1.165, 1.54) is 0 Å². The van der Waals surface area contributed by atoms with Crippen molar-refractivity contribution in [2.75, 3.05) is 0 Å². The van der Waals surface area contributed by atoms with Crippen molar-refractivity contribution in [2.24, 2.45) is 0 Å². The average molecular weight is 172 g/mol. The molecule has 0 saturated heterocycles. The standard InChI is InChI=1S/C11H12N2/c1-4-6-7-11-12-9(3)8-10(5-2)13-11/h2,6-8H,4H2,1,3H3/b7-6+. The van der Waals surface area contributed by atoms with E-state index in [0.29, 0.717) is 11.5 Å². The molecule has 1 aromatic rings. The van der Waals surface area contributed by atoms with Gasteiger partial charge < -0.3 is 0 Å². The zero-order chi connectivity index (χ0) is 9.68. The van der Waals surface area contributed by atoms with Gasteiger partial charge in [-0.15, -0.1) is 6.42 Å². The number of aromatic nitrogens is 2. The van der Waals surface area contributed by atoms with Gasteiger partial charge in [0.2, 0.25) is 0 Å². The SMILES string of the molecule is C#Cc1cc(C)nc(/C=C/CC)n1. The molecule has 0 spiro atoms. The van der Waals surface area contributed by atoms with E-state index in [9.17, 15) is 0 Å².